The molecule has 132 valence electrons. The van der Waals surface area contributed by atoms with Gasteiger partial charge in [0.15, 0.2) is 5.76 Å². The Labute approximate surface area is 147 Å². The fourth-order valence-electron chi connectivity index (χ4n) is 3.99. The maximum atomic E-state index is 13.2. The van der Waals surface area contributed by atoms with Crippen LogP contribution in [-0.4, -0.2) is 49.3 Å². The predicted octanol–water partition coefficient (Wildman–Crippen LogP) is 3.36. The zero-order valence-electron chi connectivity index (χ0n) is 14.4. The van der Waals surface area contributed by atoms with Gasteiger partial charge in [-0.3, -0.25) is 4.79 Å². The van der Waals surface area contributed by atoms with Crippen molar-refractivity contribution in [2.75, 3.05) is 20.3 Å². The second-order valence-corrected chi connectivity index (χ2v) is 6.68. The Hall–Kier alpha value is -2.11. The first-order valence-corrected chi connectivity index (χ1v) is 8.86. The number of methoxy groups -OCH3 is 1. The molecule has 2 aliphatic rings. The number of ether oxygens (including phenoxy) is 2. The van der Waals surface area contributed by atoms with Crippen LogP contribution in [0, 0.1) is 0 Å². The Kier molecular flexibility index (Phi) is 4.59. The van der Waals surface area contributed by atoms with E-state index in [4.69, 9.17) is 13.9 Å². The molecule has 4 rings (SSSR count). The molecule has 2 fully saturated rings. The summed E-state index contributed by atoms with van der Waals surface area (Å²) in [4.78, 5) is 15.2. The monoisotopic (exact) mass is 341 g/mol. The molecule has 2 aromatic rings. The van der Waals surface area contributed by atoms with E-state index in [0.717, 1.165) is 30.4 Å². The molecule has 0 N–H and O–H groups in total. The lowest BCUT2D eigenvalue weighted by molar-refractivity contribution is -0.101. The van der Waals surface area contributed by atoms with Crippen LogP contribution in [0.25, 0.3) is 11.1 Å². The van der Waals surface area contributed by atoms with Crippen molar-refractivity contribution in [1.82, 2.24) is 4.90 Å². The van der Waals surface area contributed by atoms with Crippen molar-refractivity contribution in [3.63, 3.8) is 0 Å². The minimum atomic E-state index is -0.0566. The van der Waals surface area contributed by atoms with Gasteiger partial charge in [0.2, 0.25) is 0 Å². The van der Waals surface area contributed by atoms with E-state index >= 15 is 0 Å². The molecular weight excluding hydrogens is 318 g/mol. The van der Waals surface area contributed by atoms with Gasteiger partial charge < -0.3 is 18.8 Å². The first-order valence-electron chi connectivity index (χ1n) is 8.86. The lowest BCUT2D eigenvalue weighted by Gasteiger charge is -2.45. The van der Waals surface area contributed by atoms with E-state index in [1.165, 1.54) is 0 Å². The third kappa shape index (κ3) is 3.10. The van der Waals surface area contributed by atoms with Crippen LogP contribution in [0.4, 0.5) is 0 Å². The van der Waals surface area contributed by atoms with Crippen LogP contribution < -0.4 is 0 Å². The number of fused-ring (bicyclic) bond motifs is 1. The van der Waals surface area contributed by atoms with Gasteiger partial charge in [0, 0.05) is 19.2 Å². The van der Waals surface area contributed by atoms with E-state index < -0.39 is 0 Å². The van der Waals surface area contributed by atoms with Crippen molar-refractivity contribution in [1.29, 1.82) is 0 Å². The SMILES string of the molecule is COC1CCC2OCCN(C(=O)c3occc3-c3ccccc3)C2C1. The van der Waals surface area contributed by atoms with Crippen molar-refractivity contribution in [2.24, 2.45) is 0 Å². The minimum Gasteiger partial charge on any atom is -0.459 e. The van der Waals surface area contributed by atoms with Gasteiger partial charge in [-0.1, -0.05) is 30.3 Å². The number of nitrogens with zero attached hydrogens (tertiary/aromatic N) is 1. The lowest BCUT2D eigenvalue weighted by Crippen LogP contribution is -2.56. The van der Waals surface area contributed by atoms with Gasteiger partial charge in [-0.15, -0.1) is 0 Å². The predicted molar refractivity (Wildman–Crippen MR) is 93.4 cm³/mol. The van der Waals surface area contributed by atoms with Gasteiger partial charge in [0.25, 0.3) is 5.91 Å². The molecule has 25 heavy (non-hydrogen) atoms. The Balaban J connectivity index is 1.61. The molecule has 5 heteroatoms. The largest absolute Gasteiger partial charge is 0.459 e. The molecule has 3 atom stereocenters. The summed E-state index contributed by atoms with van der Waals surface area (Å²) in [7, 11) is 1.74. The first-order chi connectivity index (χ1) is 12.3. The molecule has 1 saturated heterocycles. The summed E-state index contributed by atoms with van der Waals surface area (Å²) < 4.78 is 17.0. The summed E-state index contributed by atoms with van der Waals surface area (Å²) in [5.74, 6) is 0.352. The normalized spacial score (nSPS) is 26.3. The summed E-state index contributed by atoms with van der Waals surface area (Å²) in [5.41, 5.74) is 1.83. The van der Waals surface area contributed by atoms with E-state index in [2.05, 4.69) is 0 Å². The van der Waals surface area contributed by atoms with Gasteiger partial charge in [-0.25, -0.2) is 0 Å². The molecule has 0 radical (unpaired) electrons. The fraction of sp³-hybridized carbons (Fsp3) is 0.450. The highest BCUT2D eigenvalue weighted by molar-refractivity contribution is 5.98. The van der Waals surface area contributed by atoms with E-state index in [1.54, 1.807) is 13.4 Å². The van der Waals surface area contributed by atoms with Gasteiger partial charge in [-0.05, 0) is 30.9 Å². The van der Waals surface area contributed by atoms with Crippen molar-refractivity contribution in [2.45, 2.75) is 37.5 Å². The van der Waals surface area contributed by atoms with E-state index in [1.807, 2.05) is 41.3 Å². The highest BCUT2D eigenvalue weighted by Crippen LogP contribution is 2.33. The molecule has 1 amide bonds. The van der Waals surface area contributed by atoms with Crippen LogP contribution >= 0.6 is 0 Å². The third-order valence-corrected chi connectivity index (χ3v) is 5.31. The second kappa shape index (κ2) is 7.02. The van der Waals surface area contributed by atoms with Crippen LogP contribution in [0.2, 0.25) is 0 Å². The number of benzene rings is 1. The quantitative estimate of drug-likeness (QED) is 0.859. The van der Waals surface area contributed by atoms with Crippen LogP contribution in [0.3, 0.4) is 0 Å². The van der Waals surface area contributed by atoms with Crippen LogP contribution in [0.1, 0.15) is 29.8 Å². The topological polar surface area (TPSA) is 51.9 Å². The number of carbonyl (C=O) groups excluding carboxylic acids is 1. The smallest absolute Gasteiger partial charge is 0.290 e. The number of hydrogen-bond acceptors (Lipinski definition) is 4. The van der Waals surface area contributed by atoms with Crippen molar-refractivity contribution < 1.29 is 18.7 Å². The average Bonchev–Trinajstić information content (AvgIpc) is 3.17. The number of rotatable bonds is 3. The Morgan fingerprint density at radius 3 is 2.84 bits per heavy atom. The number of hydrogen-bond donors (Lipinski definition) is 0. The van der Waals surface area contributed by atoms with Crippen molar-refractivity contribution in [3.05, 3.63) is 48.4 Å². The second-order valence-electron chi connectivity index (χ2n) is 6.68. The van der Waals surface area contributed by atoms with E-state index in [9.17, 15) is 4.79 Å². The Morgan fingerprint density at radius 1 is 1.20 bits per heavy atom. The van der Waals surface area contributed by atoms with E-state index in [-0.39, 0.29) is 24.2 Å². The first kappa shape index (κ1) is 16.4. The average molecular weight is 341 g/mol. The van der Waals surface area contributed by atoms with Crippen molar-refractivity contribution >= 4 is 5.91 Å². The molecule has 1 aliphatic heterocycles. The molecular formula is C20H23NO4. The van der Waals surface area contributed by atoms with Crippen LogP contribution in [0.5, 0.6) is 0 Å². The van der Waals surface area contributed by atoms with Crippen LogP contribution in [-0.2, 0) is 9.47 Å². The lowest BCUT2D eigenvalue weighted by atomic mass is 9.87. The van der Waals surface area contributed by atoms with Gasteiger partial charge in [-0.2, -0.15) is 0 Å². The minimum absolute atomic E-state index is 0.0497. The van der Waals surface area contributed by atoms with Crippen LogP contribution in [0.15, 0.2) is 47.1 Å². The fourth-order valence-corrected chi connectivity index (χ4v) is 3.99. The molecule has 1 aromatic carbocycles. The maximum absolute atomic E-state index is 13.2. The summed E-state index contributed by atoms with van der Waals surface area (Å²) in [6.07, 6.45) is 4.59. The molecule has 1 saturated carbocycles. The van der Waals surface area contributed by atoms with E-state index in [0.29, 0.717) is 18.9 Å². The third-order valence-electron chi connectivity index (χ3n) is 5.31. The molecule has 3 unspecified atom stereocenters. The molecule has 0 spiro atoms. The number of morpholine rings is 1. The maximum Gasteiger partial charge on any atom is 0.290 e. The number of carbonyl (C=O) groups is 1. The summed E-state index contributed by atoms with van der Waals surface area (Å²) in [5, 5.41) is 0. The van der Waals surface area contributed by atoms with Gasteiger partial charge in [0.1, 0.15) is 0 Å². The van der Waals surface area contributed by atoms with Gasteiger partial charge >= 0.3 is 0 Å². The van der Waals surface area contributed by atoms with Gasteiger partial charge in [0.05, 0.1) is 31.1 Å². The zero-order valence-corrected chi connectivity index (χ0v) is 14.4. The summed E-state index contributed by atoms with van der Waals surface area (Å²) in [6.45, 7) is 1.16. The zero-order chi connectivity index (χ0) is 17.2. The van der Waals surface area contributed by atoms with Crippen molar-refractivity contribution in [3.8, 4) is 11.1 Å². The molecule has 1 aliphatic carbocycles. The molecule has 0 bridgehead atoms. The summed E-state index contributed by atoms with van der Waals surface area (Å²) >= 11 is 0. The highest BCUT2D eigenvalue weighted by atomic mass is 16.5. The molecule has 1 aromatic heterocycles. The standard InChI is InChI=1S/C20H23NO4/c1-23-15-7-8-18-17(13-15)21(10-12-24-18)20(22)19-16(9-11-25-19)14-5-3-2-4-6-14/h2-6,9,11,15,17-18H,7-8,10,12-13H2,1H3. The number of furan rings is 1. The highest BCUT2D eigenvalue weighted by Gasteiger charge is 2.41. The summed E-state index contributed by atoms with van der Waals surface area (Å²) in [6, 6.07) is 11.8. The molecule has 5 nitrogen and oxygen atoms in total. The molecule has 2 heterocycles. The Morgan fingerprint density at radius 2 is 2.04 bits per heavy atom. The number of amides is 1. The Bertz CT molecular complexity index is 726.